The van der Waals surface area contributed by atoms with E-state index in [4.69, 9.17) is 4.74 Å². The van der Waals surface area contributed by atoms with Gasteiger partial charge in [0.25, 0.3) is 0 Å². The molecule has 3 nitrogen and oxygen atoms in total. The van der Waals surface area contributed by atoms with Gasteiger partial charge >= 0.3 is 0 Å². The van der Waals surface area contributed by atoms with Crippen LogP contribution in [-0.4, -0.2) is 18.6 Å². The molecule has 1 rings (SSSR count). The summed E-state index contributed by atoms with van der Waals surface area (Å²) in [5.74, 6) is 0.110. The highest BCUT2D eigenvalue weighted by molar-refractivity contribution is 5.78. The van der Waals surface area contributed by atoms with Gasteiger partial charge in [-0.05, 0) is 12.0 Å². The highest BCUT2D eigenvalue weighted by Gasteiger charge is 2.13. The number of ether oxygens (including phenoxy) is 1. The van der Waals surface area contributed by atoms with E-state index >= 15 is 0 Å². The lowest BCUT2D eigenvalue weighted by molar-refractivity contribution is -0.125. The molecule has 1 atom stereocenters. The third-order valence-corrected chi connectivity index (χ3v) is 2.79. The quantitative estimate of drug-likeness (QED) is 0.807. The molecule has 1 aromatic carbocycles. The maximum atomic E-state index is 11.6. The standard InChI is InChI=1S/C15H23NO2/c1-4-14(16-15(17)12(2)3)11-18-10-13-8-6-5-7-9-13/h5-9,12,14H,4,10-11H2,1-3H3,(H,16,17). The van der Waals surface area contributed by atoms with Gasteiger partial charge in [-0.2, -0.15) is 0 Å². The molecule has 3 heteroatoms. The van der Waals surface area contributed by atoms with Crippen molar-refractivity contribution in [3.05, 3.63) is 35.9 Å². The minimum Gasteiger partial charge on any atom is -0.375 e. The molecule has 0 saturated carbocycles. The molecule has 0 bridgehead atoms. The van der Waals surface area contributed by atoms with Crippen molar-refractivity contribution in [1.29, 1.82) is 0 Å². The Morgan fingerprint density at radius 3 is 2.50 bits per heavy atom. The summed E-state index contributed by atoms with van der Waals surface area (Å²) in [6.45, 7) is 7.00. The second-order valence-corrected chi connectivity index (χ2v) is 4.77. The van der Waals surface area contributed by atoms with E-state index in [-0.39, 0.29) is 17.9 Å². The summed E-state index contributed by atoms with van der Waals surface area (Å²) in [6.07, 6.45) is 0.882. The molecule has 0 fully saturated rings. The Kier molecular flexibility index (Phi) is 6.44. The molecule has 0 aliphatic rings. The Hall–Kier alpha value is -1.35. The second kappa shape index (κ2) is 7.88. The summed E-state index contributed by atoms with van der Waals surface area (Å²) in [5.41, 5.74) is 1.16. The molecule has 0 heterocycles. The number of hydrogen-bond donors (Lipinski definition) is 1. The van der Waals surface area contributed by atoms with Crippen LogP contribution in [-0.2, 0) is 16.1 Å². The van der Waals surface area contributed by atoms with E-state index in [1.54, 1.807) is 0 Å². The maximum Gasteiger partial charge on any atom is 0.222 e. The lowest BCUT2D eigenvalue weighted by Gasteiger charge is -2.18. The third kappa shape index (κ3) is 5.32. The summed E-state index contributed by atoms with van der Waals surface area (Å²) in [4.78, 5) is 11.6. The van der Waals surface area contributed by atoms with Crippen molar-refractivity contribution >= 4 is 5.91 Å². The lowest BCUT2D eigenvalue weighted by atomic mass is 10.1. The van der Waals surface area contributed by atoms with Gasteiger partial charge in [0.15, 0.2) is 0 Å². The summed E-state index contributed by atoms with van der Waals surface area (Å²) < 4.78 is 5.64. The molecular weight excluding hydrogens is 226 g/mol. The van der Waals surface area contributed by atoms with Crippen LogP contribution in [0.5, 0.6) is 0 Å². The molecule has 0 aromatic heterocycles. The van der Waals surface area contributed by atoms with Crippen molar-refractivity contribution in [3.8, 4) is 0 Å². The Bertz CT molecular complexity index is 349. The van der Waals surface area contributed by atoms with E-state index in [0.717, 1.165) is 12.0 Å². The van der Waals surface area contributed by atoms with Gasteiger partial charge in [0.05, 0.1) is 19.3 Å². The number of benzene rings is 1. The first kappa shape index (κ1) is 14.7. The number of rotatable bonds is 7. The van der Waals surface area contributed by atoms with E-state index in [1.165, 1.54) is 0 Å². The monoisotopic (exact) mass is 249 g/mol. The normalized spacial score (nSPS) is 12.4. The average molecular weight is 249 g/mol. The van der Waals surface area contributed by atoms with Gasteiger partial charge in [0.2, 0.25) is 5.91 Å². The van der Waals surface area contributed by atoms with Crippen molar-refractivity contribution in [3.63, 3.8) is 0 Å². The minimum atomic E-state index is 0.0215. The molecule has 0 aliphatic heterocycles. The van der Waals surface area contributed by atoms with Crippen molar-refractivity contribution in [2.75, 3.05) is 6.61 Å². The van der Waals surface area contributed by atoms with Gasteiger partial charge < -0.3 is 10.1 Å². The zero-order chi connectivity index (χ0) is 13.4. The minimum absolute atomic E-state index is 0.0215. The zero-order valence-electron chi connectivity index (χ0n) is 11.5. The van der Waals surface area contributed by atoms with Gasteiger partial charge in [0, 0.05) is 5.92 Å². The third-order valence-electron chi connectivity index (χ3n) is 2.79. The van der Waals surface area contributed by atoms with E-state index < -0.39 is 0 Å². The molecule has 0 aliphatic carbocycles. The van der Waals surface area contributed by atoms with Gasteiger partial charge in [-0.3, -0.25) is 4.79 Å². The highest BCUT2D eigenvalue weighted by Crippen LogP contribution is 2.03. The van der Waals surface area contributed by atoms with E-state index in [9.17, 15) is 4.79 Å². The van der Waals surface area contributed by atoms with Gasteiger partial charge in [-0.25, -0.2) is 0 Å². The highest BCUT2D eigenvalue weighted by atomic mass is 16.5. The van der Waals surface area contributed by atoms with Crippen molar-refractivity contribution < 1.29 is 9.53 Å². The van der Waals surface area contributed by atoms with Crippen LogP contribution >= 0.6 is 0 Å². The van der Waals surface area contributed by atoms with Crippen molar-refractivity contribution in [1.82, 2.24) is 5.32 Å². The van der Waals surface area contributed by atoms with Gasteiger partial charge in [-0.1, -0.05) is 51.1 Å². The van der Waals surface area contributed by atoms with E-state index in [0.29, 0.717) is 13.2 Å². The molecule has 1 amide bonds. The fourth-order valence-electron chi connectivity index (χ4n) is 1.52. The van der Waals surface area contributed by atoms with Crippen LogP contribution in [0.25, 0.3) is 0 Å². The lowest BCUT2D eigenvalue weighted by Crippen LogP contribution is -2.39. The van der Waals surface area contributed by atoms with Crippen LogP contribution in [0.3, 0.4) is 0 Å². The molecule has 0 radical (unpaired) electrons. The summed E-state index contributed by atoms with van der Waals surface area (Å²) in [7, 11) is 0. The Morgan fingerprint density at radius 1 is 1.28 bits per heavy atom. The summed E-state index contributed by atoms with van der Waals surface area (Å²) in [6, 6.07) is 10.2. The Morgan fingerprint density at radius 2 is 1.94 bits per heavy atom. The van der Waals surface area contributed by atoms with Crippen molar-refractivity contribution in [2.24, 2.45) is 5.92 Å². The second-order valence-electron chi connectivity index (χ2n) is 4.77. The smallest absolute Gasteiger partial charge is 0.222 e. The van der Waals surface area contributed by atoms with Crippen LogP contribution in [0.1, 0.15) is 32.8 Å². The number of nitrogens with one attached hydrogen (secondary N) is 1. The van der Waals surface area contributed by atoms with Crippen LogP contribution in [0, 0.1) is 5.92 Å². The van der Waals surface area contributed by atoms with E-state index in [1.807, 2.05) is 44.2 Å². The number of hydrogen-bond acceptors (Lipinski definition) is 2. The number of carbonyl (C=O) groups is 1. The van der Waals surface area contributed by atoms with Crippen LogP contribution < -0.4 is 5.32 Å². The largest absolute Gasteiger partial charge is 0.375 e. The Labute approximate surface area is 110 Å². The molecular formula is C15H23NO2. The first-order chi connectivity index (χ1) is 8.63. The fraction of sp³-hybridized carbons (Fsp3) is 0.533. The van der Waals surface area contributed by atoms with Gasteiger partial charge in [0.1, 0.15) is 0 Å². The average Bonchev–Trinajstić information content (AvgIpc) is 2.38. The molecule has 1 unspecified atom stereocenters. The summed E-state index contributed by atoms with van der Waals surface area (Å²) >= 11 is 0. The molecule has 1 N–H and O–H groups in total. The van der Waals surface area contributed by atoms with Crippen molar-refractivity contribution in [2.45, 2.75) is 39.8 Å². The molecule has 18 heavy (non-hydrogen) atoms. The van der Waals surface area contributed by atoms with Crippen LogP contribution in [0.2, 0.25) is 0 Å². The molecule has 1 aromatic rings. The fourth-order valence-corrected chi connectivity index (χ4v) is 1.52. The first-order valence-electron chi connectivity index (χ1n) is 6.55. The molecule has 0 saturated heterocycles. The number of amides is 1. The Balaban J connectivity index is 2.29. The van der Waals surface area contributed by atoms with Crippen LogP contribution in [0.15, 0.2) is 30.3 Å². The predicted octanol–water partition coefficient (Wildman–Crippen LogP) is 2.75. The first-order valence-corrected chi connectivity index (χ1v) is 6.55. The van der Waals surface area contributed by atoms with E-state index in [2.05, 4.69) is 12.2 Å². The predicted molar refractivity (Wildman–Crippen MR) is 73.2 cm³/mol. The zero-order valence-corrected chi connectivity index (χ0v) is 11.5. The van der Waals surface area contributed by atoms with Gasteiger partial charge in [-0.15, -0.1) is 0 Å². The summed E-state index contributed by atoms with van der Waals surface area (Å²) in [5, 5.41) is 2.99. The van der Waals surface area contributed by atoms with Crippen LogP contribution in [0.4, 0.5) is 0 Å². The molecule has 0 spiro atoms. The maximum absolute atomic E-state index is 11.6. The topological polar surface area (TPSA) is 38.3 Å². The SMILES string of the molecule is CCC(COCc1ccccc1)NC(=O)C(C)C. The molecule has 100 valence electrons. The number of carbonyl (C=O) groups excluding carboxylic acids is 1.